The van der Waals surface area contributed by atoms with Gasteiger partial charge in [0.15, 0.2) is 11.5 Å². The number of halogens is 1. The van der Waals surface area contributed by atoms with Gasteiger partial charge in [-0.25, -0.2) is 5.43 Å². The van der Waals surface area contributed by atoms with Crippen LogP contribution in [0.25, 0.3) is 0 Å². The Labute approximate surface area is 150 Å². The molecule has 5 nitrogen and oxygen atoms in total. The number of benzene rings is 1. The number of hydrogen-bond acceptors (Lipinski definition) is 4. The van der Waals surface area contributed by atoms with E-state index in [-0.39, 0.29) is 23.0 Å². The maximum Gasteiger partial charge on any atom is 0.244 e. The van der Waals surface area contributed by atoms with Crippen molar-refractivity contribution in [3.63, 3.8) is 0 Å². The summed E-state index contributed by atoms with van der Waals surface area (Å²) < 4.78 is 5.91. The van der Waals surface area contributed by atoms with E-state index in [1.54, 1.807) is 18.3 Å². The number of aromatic hydroxyl groups is 1. The summed E-state index contributed by atoms with van der Waals surface area (Å²) in [5.41, 5.74) is 3.59. The standard InChI is InChI=1S/C18H23BrN2O3/c1-3-24-14-9-11(8-13(19)16(14)22)10-20-21-17(23)15-12-6-4-5-7-18(12,15)2/h8-10,12,15,22H,3-7H2,1-2H3,(H,21,23)/b20-10-. The molecule has 130 valence electrons. The third-order valence-electron chi connectivity index (χ3n) is 5.35. The molecule has 2 saturated carbocycles. The molecule has 6 heteroatoms. The van der Waals surface area contributed by atoms with Gasteiger partial charge in [0, 0.05) is 5.92 Å². The van der Waals surface area contributed by atoms with Crippen molar-refractivity contribution in [2.45, 2.75) is 39.5 Å². The number of phenols is 1. The highest BCUT2D eigenvalue weighted by Crippen LogP contribution is 2.66. The number of carbonyl (C=O) groups excluding carboxylic acids is 1. The monoisotopic (exact) mass is 394 g/mol. The van der Waals surface area contributed by atoms with Gasteiger partial charge in [-0.15, -0.1) is 0 Å². The number of ether oxygens (including phenoxy) is 1. The van der Waals surface area contributed by atoms with Gasteiger partial charge in [0.25, 0.3) is 0 Å². The Morgan fingerprint density at radius 2 is 2.33 bits per heavy atom. The minimum absolute atomic E-state index is 0.0172. The normalized spacial score (nSPS) is 28.5. The molecule has 0 aromatic heterocycles. The van der Waals surface area contributed by atoms with E-state index in [2.05, 4.69) is 33.4 Å². The smallest absolute Gasteiger partial charge is 0.244 e. The van der Waals surface area contributed by atoms with Crippen LogP contribution in [-0.4, -0.2) is 23.8 Å². The molecule has 0 heterocycles. The molecule has 3 rings (SSSR count). The molecule has 24 heavy (non-hydrogen) atoms. The van der Waals surface area contributed by atoms with Crippen molar-refractivity contribution in [2.24, 2.45) is 22.4 Å². The maximum atomic E-state index is 12.4. The molecule has 0 spiro atoms. The lowest BCUT2D eigenvalue weighted by Crippen LogP contribution is -2.22. The van der Waals surface area contributed by atoms with Crippen LogP contribution < -0.4 is 10.2 Å². The van der Waals surface area contributed by atoms with Gasteiger partial charge in [-0.05, 0) is 64.7 Å². The van der Waals surface area contributed by atoms with Crippen molar-refractivity contribution < 1.29 is 14.6 Å². The first-order valence-corrected chi connectivity index (χ1v) is 9.25. The van der Waals surface area contributed by atoms with Gasteiger partial charge in [0.1, 0.15) is 0 Å². The van der Waals surface area contributed by atoms with Crippen LogP contribution in [-0.2, 0) is 4.79 Å². The first kappa shape index (κ1) is 17.3. The molecule has 2 aliphatic rings. The minimum atomic E-state index is 0.0172. The van der Waals surface area contributed by atoms with E-state index in [9.17, 15) is 9.90 Å². The van der Waals surface area contributed by atoms with Gasteiger partial charge in [-0.2, -0.15) is 5.10 Å². The summed E-state index contributed by atoms with van der Waals surface area (Å²) in [6.45, 7) is 4.53. The molecule has 3 unspecified atom stereocenters. The van der Waals surface area contributed by atoms with Crippen molar-refractivity contribution in [2.75, 3.05) is 6.61 Å². The fraction of sp³-hybridized carbons (Fsp3) is 0.556. The summed E-state index contributed by atoms with van der Waals surface area (Å²) in [5, 5.41) is 14.0. The second-order valence-corrected chi connectivity index (χ2v) is 7.71. The third kappa shape index (κ3) is 3.16. The van der Waals surface area contributed by atoms with Crippen LogP contribution in [0.1, 0.15) is 45.1 Å². The minimum Gasteiger partial charge on any atom is -0.503 e. The zero-order chi connectivity index (χ0) is 17.3. The Balaban J connectivity index is 1.63. The van der Waals surface area contributed by atoms with Gasteiger partial charge in [-0.3, -0.25) is 4.79 Å². The molecule has 0 radical (unpaired) electrons. The van der Waals surface area contributed by atoms with Crippen LogP contribution in [0.3, 0.4) is 0 Å². The van der Waals surface area contributed by atoms with Crippen molar-refractivity contribution >= 4 is 28.1 Å². The molecule has 0 aliphatic heterocycles. The van der Waals surface area contributed by atoms with E-state index in [4.69, 9.17) is 4.74 Å². The summed E-state index contributed by atoms with van der Waals surface area (Å²) in [5.74, 6) is 1.09. The second kappa shape index (κ2) is 6.75. The van der Waals surface area contributed by atoms with Gasteiger partial charge in [0.05, 0.1) is 17.3 Å². The SMILES string of the molecule is CCOc1cc(/C=N\NC(=O)C2C3CCCCC32C)cc(Br)c1O. The molecule has 1 aromatic carbocycles. The predicted molar refractivity (Wildman–Crippen MR) is 96.3 cm³/mol. The van der Waals surface area contributed by atoms with E-state index in [1.807, 2.05) is 6.92 Å². The number of phenolic OH excluding ortho intramolecular Hbond substituents is 1. The van der Waals surface area contributed by atoms with Gasteiger partial charge in [0.2, 0.25) is 5.91 Å². The molecule has 0 saturated heterocycles. The van der Waals surface area contributed by atoms with Crippen LogP contribution in [0, 0.1) is 17.3 Å². The number of nitrogens with one attached hydrogen (secondary N) is 1. The van der Waals surface area contributed by atoms with Crippen molar-refractivity contribution in [3.05, 3.63) is 22.2 Å². The highest BCUT2D eigenvalue weighted by Gasteiger charge is 2.64. The van der Waals surface area contributed by atoms with E-state index < -0.39 is 0 Å². The summed E-state index contributed by atoms with van der Waals surface area (Å²) in [6, 6.07) is 3.42. The number of fused-ring (bicyclic) bond motifs is 1. The largest absolute Gasteiger partial charge is 0.503 e. The lowest BCUT2D eigenvalue weighted by molar-refractivity contribution is -0.123. The molecule has 2 fully saturated rings. The molecule has 3 atom stereocenters. The number of rotatable bonds is 5. The summed E-state index contributed by atoms with van der Waals surface area (Å²) in [4.78, 5) is 12.4. The van der Waals surface area contributed by atoms with Crippen LogP contribution in [0.4, 0.5) is 0 Å². The van der Waals surface area contributed by atoms with Crippen LogP contribution in [0.15, 0.2) is 21.7 Å². The quantitative estimate of drug-likeness (QED) is 0.588. The number of amides is 1. The molecule has 2 aliphatic carbocycles. The zero-order valence-corrected chi connectivity index (χ0v) is 15.6. The van der Waals surface area contributed by atoms with Gasteiger partial charge < -0.3 is 9.84 Å². The Bertz CT molecular complexity index is 676. The Morgan fingerprint density at radius 1 is 1.54 bits per heavy atom. The fourth-order valence-electron chi connectivity index (χ4n) is 4.02. The molecule has 2 N–H and O–H groups in total. The van der Waals surface area contributed by atoms with Crippen LogP contribution in [0.2, 0.25) is 0 Å². The fourth-order valence-corrected chi connectivity index (χ4v) is 4.48. The molecular weight excluding hydrogens is 372 g/mol. The molecule has 1 aromatic rings. The average Bonchev–Trinajstić information content (AvgIpc) is 3.18. The highest BCUT2D eigenvalue weighted by atomic mass is 79.9. The molecule has 1 amide bonds. The predicted octanol–water partition coefficient (Wildman–Crippen LogP) is 3.83. The average molecular weight is 395 g/mol. The Morgan fingerprint density at radius 3 is 3.00 bits per heavy atom. The number of hydrazone groups is 1. The number of carbonyl (C=O) groups is 1. The summed E-state index contributed by atoms with van der Waals surface area (Å²) >= 11 is 3.29. The van der Waals surface area contributed by atoms with E-state index in [1.165, 1.54) is 12.8 Å². The Kier molecular flexibility index (Phi) is 4.85. The topological polar surface area (TPSA) is 70.9 Å². The number of nitrogens with zero attached hydrogens (tertiary/aromatic N) is 1. The highest BCUT2D eigenvalue weighted by molar-refractivity contribution is 9.10. The van der Waals surface area contributed by atoms with Crippen molar-refractivity contribution in [1.82, 2.24) is 5.43 Å². The van der Waals surface area contributed by atoms with Gasteiger partial charge in [-0.1, -0.05) is 19.8 Å². The van der Waals surface area contributed by atoms with E-state index >= 15 is 0 Å². The lowest BCUT2D eigenvalue weighted by Gasteiger charge is -2.15. The molecular formula is C18H23BrN2O3. The van der Waals surface area contributed by atoms with Crippen LogP contribution in [0.5, 0.6) is 11.5 Å². The Hall–Kier alpha value is -1.56. The first-order chi connectivity index (χ1) is 11.5. The van der Waals surface area contributed by atoms with Crippen molar-refractivity contribution in [3.8, 4) is 11.5 Å². The van der Waals surface area contributed by atoms with Crippen LogP contribution >= 0.6 is 15.9 Å². The van der Waals surface area contributed by atoms with E-state index in [0.717, 1.165) is 18.4 Å². The zero-order valence-electron chi connectivity index (χ0n) is 14.0. The van der Waals surface area contributed by atoms with Crippen molar-refractivity contribution in [1.29, 1.82) is 0 Å². The molecule has 0 bridgehead atoms. The van der Waals surface area contributed by atoms with E-state index in [0.29, 0.717) is 22.7 Å². The lowest BCUT2D eigenvalue weighted by atomic mass is 9.90. The third-order valence-corrected chi connectivity index (χ3v) is 5.96. The summed E-state index contributed by atoms with van der Waals surface area (Å²) in [7, 11) is 0. The van der Waals surface area contributed by atoms with Gasteiger partial charge >= 0.3 is 0 Å². The summed E-state index contributed by atoms with van der Waals surface area (Å²) in [6.07, 6.45) is 6.32. The number of hydrogen-bond donors (Lipinski definition) is 2. The first-order valence-electron chi connectivity index (χ1n) is 8.45. The second-order valence-electron chi connectivity index (χ2n) is 6.85. The maximum absolute atomic E-state index is 12.4.